The first-order valence-electron chi connectivity index (χ1n) is 8.46. The molecule has 124 valence electrons. The van der Waals surface area contributed by atoms with Crippen molar-refractivity contribution >= 4 is 11.8 Å². The third kappa shape index (κ3) is 5.24. The summed E-state index contributed by atoms with van der Waals surface area (Å²) in [7, 11) is 0. The van der Waals surface area contributed by atoms with E-state index in [0.717, 1.165) is 22.4 Å². The monoisotopic (exact) mass is 338 g/mol. The van der Waals surface area contributed by atoms with Crippen molar-refractivity contribution in [3.05, 3.63) is 66.5 Å². The molecule has 0 aliphatic heterocycles. The summed E-state index contributed by atoms with van der Waals surface area (Å²) in [5, 5.41) is 0.736. The molecule has 0 aliphatic rings. The molecule has 0 saturated carbocycles. The lowest BCUT2D eigenvalue weighted by Crippen LogP contribution is -1.86. The maximum absolute atomic E-state index is 5.74. The number of unbranched alkanes of at least 4 members (excludes halogenated alkanes) is 3. The van der Waals surface area contributed by atoms with E-state index in [0.29, 0.717) is 0 Å². The number of aromatic nitrogens is 2. The molecule has 0 fully saturated rings. The minimum Gasteiger partial charge on any atom is -0.430 e. The van der Waals surface area contributed by atoms with E-state index in [1.54, 1.807) is 24.2 Å². The molecule has 2 heterocycles. The van der Waals surface area contributed by atoms with Crippen molar-refractivity contribution in [1.29, 1.82) is 0 Å². The van der Waals surface area contributed by atoms with Gasteiger partial charge in [-0.25, -0.2) is 4.98 Å². The number of rotatable bonds is 9. The van der Waals surface area contributed by atoms with Gasteiger partial charge in [-0.3, -0.25) is 4.98 Å². The molecule has 0 unspecified atom stereocenters. The van der Waals surface area contributed by atoms with Crippen molar-refractivity contribution in [2.24, 2.45) is 0 Å². The summed E-state index contributed by atoms with van der Waals surface area (Å²) >= 11 is 1.68. The van der Waals surface area contributed by atoms with Gasteiger partial charge in [0.25, 0.3) is 5.22 Å². The van der Waals surface area contributed by atoms with Crippen LogP contribution in [0.3, 0.4) is 0 Å². The zero-order valence-electron chi connectivity index (χ0n) is 13.7. The third-order valence-corrected chi connectivity index (χ3v) is 4.76. The van der Waals surface area contributed by atoms with Crippen molar-refractivity contribution in [2.75, 3.05) is 5.75 Å². The summed E-state index contributed by atoms with van der Waals surface area (Å²) in [6.45, 7) is 0. The minimum absolute atomic E-state index is 0.736. The highest BCUT2D eigenvalue weighted by Crippen LogP contribution is 2.24. The van der Waals surface area contributed by atoms with Crippen molar-refractivity contribution in [3.63, 3.8) is 0 Å². The lowest BCUT2D eigenvalue weighted by atomic mass is 10.1. The number of oxazole rings is 1. The van der Waals surface area contributed by atoms with E-state index in [4.69, 9.17) is 4.42 Å². The Morgan fingerprint density at radius 3 is 2.50 bits per heavy atom. The average Bonchev–Trinajstić information content (AvgIpc) is 3.11. The lowest BCUT2D eigenvalue weighted by molar-refractivity contribution is 0.464. The Morgan fingerprint density at radius 1 is 0.833 bits per heavy atom. The Morgan fingerprint density at radius 2 is 1.67 bits per heavy atom. The minimum atomic E-state index is 0.736. The Kier molecular flexibility index (Phi) is 6.49. The van der Waals surface area contributed by atoms with Crippen LogP contribution in [-0.2, 0) is 6.42 Å². The molecular weight excluding hydrogens is 316 g/mol. The van der Waals surface area contributed by atoms with Crippen LogP contribution in [0.5, 0.6) is 0 Å². The maximum atomic E-state index is 5.74. The SMILES string of the molecule is c1ccc(CCCCCCSc2ncc(-c3ccccn3)o2)cc1. The Balaban J connectivity index is 1.30. The number of nitrogens with zero attached hydrogens (tertiary/aromatic N) is 2. The van der Waals surface area contributed by atoms with Gasteiger partial charge in [0.05, 0.1) is 6.20 Å². The van der Waals surface area contributed by atoms with Gasteiger partial charge in [0.1, 0.15) is 5.69 Å². The summed E-state index contributed by atoms with van der Waals surface area (Å²) in [4.78, 5) is 8.60. The second-order valence-electron chi connectivity index (χ2n) is 5.70. The number of benzene rings is 1. The van der Waals surface area contributed by atoms with Gasteiger partial charge in [-0.05, 0) is 37.0 Å². The fourth-order valence-corrected chi connectivity index (χ4v) is 3.34. The molecule has 3 nitrogen and oxygen atoms in total. The summed E-state index contributed by atoms with van der Waals surface area (Å²) in [6, 6.07) is 16.5. The number of hydrogen-bond donors (Lipinski definition) is 0. The zero-order chi connectivity index (χ0) is 16.5. The van der Waals surface area contributed by atoms with E-state index in [1.807, 2.05) is 18.2 Å². The van der Waals surface area contributed by atoms with Crippen molar-refractivity contribution in [3.8, 4) is 11.5 Å². The smallest absolute Gasteiger partial charge is 0.256 e. The highest BCUT2D eigenvalue weighted by molar-refractivity contribution is 7.99. The van der Waals surface area contributed by atoms with E-state index in [-0.39, 0.29) is 0 Å². The molecule has 0 aliphatic carbocycles. The first kappa shape index (κ1) is 16.8. The number of aryl methyl sites for hydroxylation is 1. The predicted octanol–water partition coefficient (Wildman–Crippen LogP) is 5.63. The fourth-order valence-electron chi connectivity index (χ4n) is 2.54. The van der Waals surface area contributed by atoms with Gasteiger partial charge in [-0.2, -0.15) is 0 Å². The Bertz CT molecular complexity index is 713. The average molecular weight is 338 g/mol. The number of thioether (sulfide) groups is 1. The van der Waals surface area contributed by atoms with E-state index in [1.165, 1.54) is 37.7 Å². The van der Waals surface area contributed by atoms with E-state index < -0.39 is 0 Å². The first-order chi connectivity index (χ1) is 11.9. The van der Waals surface area contributed by atoms with Crippen LogP contribution in [0, 0.1) is 0 Å². The number of pyridine rings is 1. The topological polar surface area (TPSA) is 38.9 Å². The highest BCUT2D eigenvalue weighted by atomic mass is 32.2. The molecule has 3 aromatic rings. The molecule has 24 heavy (non-hydrogen) atoms. The van der Waals surface area contributed by atoms with Gasteiger partial charge in [0, 0.05) is 11.9 Å². The molecule has 4 heteroatoms. The Labute approximate surface area is 147 Å². The van der Waals surface area contributed by atoms with Crippen LogP contribution in [0.15, 0.2) is 70.6 Å². The summed E-state index contributed by atoms with van der Waals surface area (Å²) < 4.78 is 5.74. The van der Waals surface area contributed by atoms with E-state index in [2.05, 4.69) is 40.3 Å². The van der Waals surface area contributed by atoms with Crippen molar-refractivity contribution in [1.82, 2.24) is 9.97 Å². The van der Waals surface area contributed by atoms with E-state index in [9.17, 15) is 0 Å². The maximum Gasteiger partial charge on any atom is 0.256 e. The van der Waals surface area contributed by atoms with Gasteiger partial charge >= 0.3 is 0 Å². The fraction of sp³-hybridized carbons (Fsp3) is 0.300. The lowest BCUT2D eigenvalue weighted by Gasteiger charge is -2.01. The van der Waals surface area contributed by atoms with Crippen LogP contribution in [-0.4, -0.2) is 15.7 Å². The summed E-state index contributed by atoms with van der Waals surface area (Å²) in [6.07, 6.45) is 9.69. The molecule has 0 amide bonds. The first-order valence-corrected chi connectivity index (χ1v) is 9.44. The second kappa shape index (κ2) is 9.28. The van der Waals surface area contributed by atoms with Gasteiger partial charge in [-0.15, -0.1) is 0 Å². The molecule has 3 rings (SSSR count). The molecule has 0 bridgehead atoms. The van der Waals surface area contributed by atoms with Gasteiger partial charge < -0.3 is 4.42 Å². The third-order valence-electron chi connectivity index (χ3n) is 3.83. The van der Waals surface area contributed by atoms with E-state index >= 15 is 0 Å². The van der Waals surface area contributed by atoms with Gasteiger partial charge in [0.2, 0.25) is 0 Å². The number of hydrogen-bond acceptors (Lipinski definition) is 4. The molecular formula is C20H22N2OS. The molecule has 0 radical (unpaired) electrons. The molecule has 0 saturated heterocycles. The normalized spacial score (nSPS) is 10.8. The molecule has 0 spiro atoms. The van der Waals surface area contributed by atoms with Crippen LogP contribution >= 0.6 is 11.8 Å². The standard InChI is InChI=1S/C20H22N2OS/c1(4-10-17-11-5-3-6-12-17)2-9-15-24-20-22-16-19(23-20)18-13-7-8-14-21-18/h3,5-8,11-14,16H,1-2,4,9-10,15H2. The van der Waals surface area contributed by atoms with Crippen LogP contribution in [0.4, 0.5) is 0 Å². The van der Waals surface area contributed by atoms with Crippen molar-refractivity contribution < 1.29 is 4.42 Å². The zero-order valence-corrected chi connectivity index (χ0v) is 14.5. The highest BCUT2D eigenvalue weighted by Gasteiger charge is 2.07. The predicted molar refractivity (Wildman–Crippen MR) is 99.1 cm³/mol. The molecule has 2 aromatic heterocycles. The Hall–Kier alpha value is -2.07. The summed E-state index contributed by atoms with van der Waals surface area (Å²) in [5.41, 5.74) is 2.27. The quantitative estimate of drug-likeness (QED) is 0.374. The van der Waals surface area contributed by atoms with Crippen molar-refractivity contribution in [2.45, 2.75) is 37.3 Å². The van der Waals surface area contributed by atoms with Crippen LogP contribution in [0.2, 0.25) is 0 Å². The van der Waals surface area contributed by atoms with Gasteiger partial charge in [-0.1, -0.05) is 61.0 Å². The van der Waals surface area contributed by atoms with Crippen LogP contribution in [0.25, 0.3) is 11.5 Å². The largest absolute Gasteiger partial charge is 0.430 e. The van der Waals surface area contributed by atoms with Gasteiger partial charge in [0.15, 0.2) is 5.76 Å². The summed E-state index contributed by atoms with van der Waals surface area (Å²) in [5.74, 6) is 1.79. The second-order valence-corrected chi connectivity index (χ2v) is 6.75. The molecule has 0 N–H and O–H groups in total. The molecule has 1 aromatic carbocycles. The molecule has 0 atom stereocenters. The van der Waals surface area contributed by atoms with Crippen LogP contribution < -0.4 is 0 Å². The van der Waals surface area contributed by atoms with Crippen LogP contribution in [0.1, 0.15) is 31.2 Å².